The molecule has 0 aromatic heterocycles. The number of carbonyl (C=O) groups is 1. The molecule has 1 saturated heterocycles. The zero-order valence-electron chi connectivity index (χ0n) is 19.1. The molecular weight excluding hydrogens is 344 g/mol. The van der Waals surface area contributed by atoms with Crippen LogP contribution in [0, 0.1) is 23.2 Å². The second-order valence-electron chi connectivity index (χ2n) is 8.87. The molecule has 0 bridgehead atoms. The summed E-state index contributed by atoms with van der Waals surface area (Å²) in [4.78, 5) is 15.2. The number of unbranched alkanes of at least 4 members (excludes halogenated alkanes) is 6. The maximum atomic E-state index is 12.9. The summed E-state index contributed by atoms with van der Waals surface area (Å²) >= 11 is 0. The van der Waals surface area contributed by atoms with Crippen molar-refractivity contribution in [1.82, 2.24) is 4.90 Å². The molecule has 1 rings (SSSR count). The van der Waals surface area contributed by atoms with Crippen molar-refractivity contribution in [1.29, 1.82) is 5.26 Å². The van der Waals surface area contributed by atoms with Crippen molar-refractivity contribution >= 4 is 5.78 Å². The van der Waals surface area contributed by atoms with Crippen molar-refractivity contribution in [2.24, 2.45) is 11.8 Å². The molecular formula is C25H44N2O. The molecule has 28 heavy (non-hydrogen) atoms. The molecule has 0 spiro atoms. The van der Waals surface area contributed by atoms with Crippen LogP contribution >= 0.6 is 0 Å². The van der Waals surface area contributed by atoms with Gasteiger partial charge in [-0.2, -0.15) is 5.26 Å². The maximum absolute atomic E-state index is 12.9. The van der Waals surface area contributed by atoms with Crippen molar-refractivity contribution < 1.29 is 4.79 Å². The van der Waals surface area contributed by atoms with Gasteiger partial charge in [0.05, 0.1) is 6.07 Å². The lowest BCUT2D eigenvalue weighted by atomic mass is 9.85. The van der Waals surface area contributed by atoms with Gasteiger partial charge in [-0.1, -0.05) is 83.6 Å². The van der Waals surface area contributed by atoms with E-state index in [9.17, 15) is 10.1 Å². The van der Waals surface area contributed by atoms with Crippen LogP contribution in [0.2, 0.25) is 0 Å². The molecule has 0 aromatic carbocycles. The van der Waals surface area contributed by atoms with Gasteiger partial charge in [0.2, 0.25) is 0 Å². The lowest BCUT2D eigenvalue weighted by molar-refractivity contribution is -0.122. The summed E-state index contributed by atoms with van der Waals surface area (Å²) in [7, 11) is 2.12. The second-order valence-corrected chi connectivity index (χ2v) is 8.87. The Hall–Kier alpha value is -1.30. The monoisotopic (exact) mass is 388 g/mol. The van der Waals surface area contributed by atoms with E-state index in [4.69, 9.17) is 0 Å². The van der Waals surface area contributed by atoms with E-state index < -0.39 is 5.92 Å². The van der Waals surface area contributed by atoms with Crippen LogP contribution < -0.4 is 0 Å². The summed E-state index contributed by atoms with van der Waals surface area (Å²) < 4.78 is 0. The second kappa shape index (κ2) is 14.7. The first-order chi connectivity index (χ1) is 13.5. The zero-order valence-corrected chi connectivity index (χ0v) is 19.1. The molecule has 0 aliphatic carbocycles. The average Bonchev–Trinajstić information content (AvgIpc) is 3.12. The molecule has 1 fully saturated rings. The van der Waals surface area contributed by atoms with E-state index in [1.807, 2.05) is 0 Å². The number of hydrogen-bond donors (Lipinski definition) is 0. The van der Waals surface area contributed by atoms with E-state index in [-0.39, 0.29) is 5.78 Å². The minimum Gasteiger partial charge on any atom is -0.378 e. The van der Waals surface area contributed by atoms with Gasteiger partial charge in [-0.05, 0) is 32.1 Å². The first kappa shape index (κ1) is 24.7. The number of hydrogen-bond acceptors (Lipinski definition) is 3. The Labute approximate surface area is 174 Å². The maximum Gasteiger partial charge on any atom is 0.150 e. The van der Waals surface area contributed by atoms with E-state index in [0.29, 0.717) is 18.8 Å². The third kappa shape index (κ3) is 9.26. The van der Waals surface area contributed by atoms with Crippen LogP contribution in [0.3, 0.4) is 0 Å². The minimum absolute atomic E-state index is 0.176. The van der Waals surface area contributed by atoms with Crippen molar-refractivity contribution in [3.8, 4) is 6.07 Å². The number of ketones is 1. The largest absolute Gasteiger partial charge is 0.378 e. The topological polar surface area (TPSA) is 44.1 Å². The minimum atomic E-state index is -0.463. The summed E-state index contributed by atoms with van der Waals surface area (Å²) in [6, 6.07) is 2.32. The van der Waals surface area contributed by atoms with Gasteiger partial charge >= 0.3 is 0 Å². The van der Waals surface area contributed by atoms with Crippen LogP contribution in [0.4, 0.5) is 0 Å². The Morgan fingerprint density at radius 2 is 1.68 bits per heavy atom. The Bertz CT molecular complexity index is 517. The summed E-state index contributed by atoms with van der Waals surface area (Å²) in [6.45, 7) is 7.67. The van der Waals surface area contributed by atoms with Crippen LogP contribution in [0.25, 0.3) is 0 Å². The smallest absolute Gasteiger partial charge is 0.150 e. The number of carbonyl (C=O) groups excluding carboxylic acids is 1. The average molecular weight is 389 g/mol. The van der Waals surface area contributed by atoms with E-state index in [2.05, 4.69) is 38.8 Å². The zero-order chi connectivity index (χ0) is 20.8. The van der Waals surface area contributed by atoms with E-state index >= 15 is 0 Å². The van der Waals surface area contributed by atoms with Crippen LogP contribution in [0.1, 0.15) is 111 Å². The van der Waals surface area contributed by atoms with Gasteiger partial charge in [0.25, 0.3) is 0 Å². The summed E-state index contributed by atoms with van der Waals surface area (Å²) in [6.07, 6.45) is 16.0. The highest BCUT2D eigenvalue weighted by molar-refractivity contribution is 5.83. The Kier molecular flexibility index (Phi) is 13.0. The fraction of sp³-hybridized carbons (Fsp3) is 0.840. The molecule has 1 aliphatic rings. The first-order valence-corrected chi connectivity index (χ1v) is 11.8. The van der Waals surface area contributed by atoms with E-state index in [1.54, 1.807) is 0 Å². The van der Waals surface area contributed by atoms with Gasteiger partial charge in [-0.3, -0.25) is 4.79 Å². The molecule has 0 aromatic rings. The summed E-state index contributed by atoms with van der Waals surface area (Å²) in [5.41, 5.74) is 2.59. The number of rotatable bonds is 15. The third-order valence-corrected chi connectivity index (χ3v) is 6.34. The highest BCUT2D eigenvalue weighted by Gasteiger charge is 2.24. The molecule has 1 aliphatic heterocycles. The fourth-order valence-corrected chi connectivity index (χ4v) is 4.49. The first-order valence-electron chi connectivity index (χ1n) is 11.8. The Morgan fingerprint density at radius 3 is 2.29 bits per heavy atom. The normalized spacial score (nSPS) is 18.0. The van der Waals surface area contributed by atoms with Crippen LogP contribution in [-0.2, 0) is 4.79 Å². The number of nitrogens with zero attached hydrogens (tertiary/aromatic N) is 2. The lowest BCUT2D eigenvalue weighted by Crippen LogP contribution is -2.19. The quantitative estimate of drug-likeness (QED) is 0.283. The van der Waals surface area contributed by atoms with Crippen molar-refractivity contribution in [3.05, 3.63) is 11.3 Å². The molecule has 3 nitrogen and oxygen atoms in total. The number of likely N-dealkylation sites (tertiary alicyclic amines) is 1. The molecule has 1 heterocycles. The lowest BCUT2D eigenvalue weighted by Gasteiger charge is -2.20. The molecule has 2 unspecified atom stereocenters. The Morgan fingerprint density at radius 1 is 1.04 bits per heavy atom. The number of allylic oxidation sites excluding steroid dienone is 2. The van der Waals surface area contributed by atoms with Crippen LogP contribution in [-0.4, -0.2) is 24.3 Å². The van der Waals surface area contributed by atoms with Crippen molar-refractivity contribution in [2.45, 2.75) is 111 Å². The standard InChI is InChI=1S/C25H44N2O/c1-5-7-9-10-11-12-15-22(14-8-6-2)19-25(28)23(20-26)18-21(3)24-16-13-17-27(24)4/h22-23H,5-19H2,1-4H3/b24-21+. The molecule has 0 radical (unpaired) electrons. The molecule has 0 N–H and O–H groups in total. The third-order valence-electron chi connectivity index (χ3n) is 6.34. The van der Waals surface area contributed by atoms with Gasteiger partial charge in [0, 0.05) is 25.7 Å². The highest BCUT2D eigenvalue weighted by atomic mass is 16.1. The summed E-state index contributed by atoms with van der Waals surface area (Å²) in [5.74, 6) is 0.182. The molecule has 3 heteroatoms. The predicted octanol–water partition coefficient (Wildman–Crippen LogP) is 7.03. The van der Waals surface area contributed by atoms with Gasteiger partial charge in [0.15, 0.2) is 5.78 Å². The molecule has 0 saturated carbocycles. The molecule has 2 atom stereocenters. The van der Waals surface area contributed by atoms with Gasteiger partial charge < -0.3 is 4.90 Å². The number of Topliss-reactive ketones (excluding diaryl/α,β-unsaturated/α-hetero) is 1. The van der Waals surface area contributed by atoms with Crippen LogP contribution in [0.5, 0.6) is 0 Å². The van der Waals surface area contributed by atoms with Crippen LogP contribution in [0.15, 0.2) is 11.3 Å². The van der Waals surface area contributed by atoms with Crippen molar-refractivity contribution in [2.75, 3.05) is 13.6 Å². The van der Waals surface area contributed by atoms with Gasteiger partial charge in [0.1, 0.15) is 5.92 Å². The van der Waals surface area contributed by atoms with Gasteiger partial charge in [-0.15, -0.1) is 0 Å². The molecule has 0 amide bonds. The SMILES string of the molecule is CCCCCCCCC(CCCC)CC(=O)C(C#N)C/C(C)=C1\CCCN1C. The number of nitriles is 1. The fourth-order valence-electron chi connectivity index (χ4n) is 4.49. The van der Waals surface area contributed by atoms with E-state index in [0.717, 1.165) is 25.8 Å². The Balaban J connectivity index is 2.54. The molecule has 160 valence electrons. The summed E-state index contributed by atoms with van der Waals surface area (Å²) in [5, 5.41) is 9.63. The highest BCUT2D eigenvalue weighted by Crippen LogP contribution is 2.28. The van der Waals surface area contributed by atoms with Gasteiger partial charge in [-0.25, -0.2) is 0 Å². The predicted molar refractivity (Wildman–Crippen MR) is 119 cm³/mol. The van der Waals surface area contributed by atoms with Crippen molar-refractivity contribution in [3.63, 3.8) is 0 Å². The van der Waals surface area contributed by atoms with E-state index in [1.165, 1.54) is 69.1 Å².